The first-order valence-corrected chi connectivity index (χ1v) is 9.03. The zero-order valence-corrected chi connectivity index (χ0v) is 14.7. The van der Waals surface area contributed by atoms with E-state index in [4.69, 9.17) is 4.74 Å². The van der Waals surface area contributed by atoms with Crippen molar-refractivity contribution in [2.24, 2.45) is 5.92 Å². The summed E-state index contributed by atoms with van der Waals surface area (Å²) in [5.74, 6) is -0.0586. The maximum atomic E-state index is 12.8. The molecule has 2 aliphatic heterocycles. The molecule has 2 aliphatic rings. The van der Waals surface area contributed by atoms with Crippen molar-refractivity contribution >= 4 is 17.6 Å². The van der Waals surface area contributed by atoms with Crippen LogP contribution in [0.3, 0.4) is 0 Å². The van der Waals surface area contributed by atoms with E-state index in [1.54, 1.807) is 19.3 Å². The maximum absolute atomic E-state index is 12.8. The van der Waals surface area contributed by atoms with Crippen LogP contribution >= 0.6 is 0 Å². The third kappa shape index (κ3) is 4.28. The molecule has 0 aliphatic carbocycles. The first kappa shape index (κ1) is 17.7. The number of nitrogens with one attached hydrogen (secondary N) is 1. The molecule has 1 unspecified atom stereocenters. The Labute approximate surface area is 148 Å². The highest BCUT2D eigenvalue weighted by Gasteiger charge is 2.33. The standard InChI is InChI=1S/C18H26N4O3/c1-2-25-18(24)16-13-22(12-9-20-16)17(23)14-5-10-21(11-6-14)15-3-7-19-8-4-15/h3-4,7-8,14,16,20H,2,5-6,9-13H2,1H3. The molecule has 0 saturated carbocycles. The predicted octanol–water partition coefficient (Wildman–Crippen LogP) is 0.662. The first-order chi connectivity index (χ1) is 12.2. The average molecular weight is 346 g/mol. The zero-order chi connectivity index (χ0) is 17.6. The molecule has 1 aromatic rings. The van der Waals surface area contributed by atoms with Crippen molar-refractivity contribution in [3.05, 3.63) is 24.5 Å². The van der Waals surface area contributed by atoms with Crippen LogP contribution in [0, 0.1) is 5.92 Å². The minimum absolute atomic E-state index is 0.0408. The Hall–Kier alpha value is -2.15. The van der Waals surface area contributed by atoms with Crippen molar-refractivity contribution in [3.8, 4) is 0 Å². The van der Waals surface area contributed by atoms with Gasteiger partial charge in [0.1, 0.15) is 6.04 Å². The first-order valence-electron chi connectivity index (χ1n) is 9.03. The molecule has 1 atom stereocenters. The van der Waals surface area contributed by atoms with E-state index < -0.39 is 6.04 Å². The number of pyridine rings is 1. The van der Waals surface area contributed by atoms with Crippen LogP contribution in [-0.4, -0.2) is 67.1 Å². The SMILES string of the molecule is CCOC(=O)C1CN(C(=O)C2CCN(c3ccncc3)CC2)CCN1. The number of anilines is 1. The Kier molecular flexibility index (Phi) is 5.86. The highest BCUT2D eigenvalue weighted by atomic mass is 16.5. The van der Waals surface area contributed by atoms with E-state index in [1.807, 2.05) is 17.0 Å². The van der Waals surface area contributed by atoms with E-state index in [-0.39, 0.29) is 17.8 Å². The van der Waals surface area contributed by atoms with Crippen LogP contribution < -0.4 is 10.2 Å². The van der Waals surface area contributed by atoms with Gasteiger partial charge in [0.15, 0.2) is 0 Å². The third-order valence-corrected chi connectivity index (χ3v) is 4.93. The van der Waals surface area contributed by atoms with Crippen molar-refractivity contribution < 1.29 is 14.3 Å². The number of nitrogens with zero attached hydrogens (tertiary/aromatic N) is 3. The lowest BCUT2D eigenvalue weighted by Crippen LogP contribution is -2.57. The normalized spacial score (nSPS) is 21.9. The molecule has 136 valence electrons. The van der Waals surface area contributed by atoms with E-state index in [9.17, 15) is 9.59 Å². The Balaban J connectivity index is 1.53. The van der Waals surface area contributed by atoms with Gasteiger partial charge in [-0.3, -0.25) is 14.6 Å². The van der Waals surface area contributed by atoms with Gasteiger partial charge in [-0.25, -0.2) is 0 Å². The Bertz CT molecular complexity index is 587. The van der Waals surface area contributed by atoms with Crippen LogP contribution in [-0.2, 0) is 14.3 Å². The smallest absolute Gasteiger partial charge is 0.324 e. The number of ether oxygens (including phenoxy) is 1. The molecule has 1 amide bonds. The fraction of sp³-hybridized carbons (Fsp3) is 0.611. The van der Waals surface area contributed by atoms with Gasteiger partial charge in [-0.15, -0.1) is 0 Å². The summed E-state index contributed by atoms with van der Waals surface area (Å²) in [5.41, 5.74) is 1.16. The van der Waals surface area contributed by atoms with Gasteiger partial charge >= 0.3 is 5.97 Å². The number of hydrogen-bond donors (Lipinski definition) is 1. The summed E-state index contributed by atoms with van der Waals surface area (Å²) in [6.07, 6.45) is 5.27. The molecule has 0 aromatic carbocycles. The second-order valence-electron chi connectivity index (χ2n) is 6.51. The van der Waals surface area contributed by atoms with Gasteiger partial charge in [0.05, 0.1) is 6.61 Å². The molecule has 0 spiro atoms. The van der Waals surface area contributed by atoms with Crippen molar-refractivity contribution in [2.75, 3.05) is 44.2 Å². The molecule has 2 fully saturated rings. The number of rotatable bonds is 4. The quantitative estimate of drug-likeness (QED) is 0.808. The molecule has 0 bridgehead atoms. The van der Waals surface area contributed by atoms with Gasteiger partial charge in [0.2, 0.25) is 5.91 Å². The van der Waals surface area contributed by atoms with Crippen LogP contribution in [0.25, 0.3) is 0 Å². The van der Waals surface area contributed by atoms with E-state index >= 15 is 0 Å². The predicted molar refractivity (Wildman–Crippen MR) is 94.2 cm³/mol. The number of carbonyl (C=O) groups is 2. The Morgan fingerprint density at radius 3 is 2.64 bits per heavy atom. The van der Waals surface area contributed by atoms with Gasteiger partial charge in [0.25, 0.3) is 0 Å². The lowest BCUT2D eigenvalue weighted by Gasteiger charge is -2.38. The van der Waals surface area contributed by atoms with Crippen molar-refractivity contribution in [1.29, 1.82) is 0 Å². The fourth-order valence-electron chi connectivity index (χ4n) is 3.55. The number of esters is 1. The van der Waals surface area contributed by atoms with Gasteiger partial charge in [0, 0.05) is 56.7 Å². The molecular formula is C18H26N4O3. The van der Waals surface area contributed by atoms with Crippen LogP contribution in [0.5, 0.6) is 0 Å². The van der Waals surface area contributed by atoms with Gasteiger partial charge in [-0.1, -0.05) is 0 Å². The van der Waals surface area contributed by atoms with Gasteiger partial charge in [-0.05, 0) is 31.9 Å². The van der Waals surface area contributed by atoms with E-state index in [0.29, 0.717) is 26.2 Å². The lowest BCUT2D eigenvalue weighted by molar-refractivity contribution is -0.148. The number of hydrogen-bond acceptors (Lipinski definition) is 6. The summed E-state index contributed by atoms with van der Waals surface area (Å²) >= 11 is 0. The van der Waals surface area contributed by atoms with Crippen LogP contribution in [0.2, 0.25) is 0 Å². The molecule has 1 N–H and O–H groups in total. The lowest BCUT2D eigenvalue weighted by atomic mass is 9.94. The van der Waals surface area contributed by atoms with Crippen molar-refractivity contribution in [1.82, 2.24) is 15.2 Å². The molecule has 25 heavy (non-hydrogen) atoms. The maximum Gasteiger partial charge on any atom is 0.324 e. The number of amides is 1. The summed E-state index contributed by atoms with van der Waals surface area (Å²) in [6, 6.07) is 3.60. The van der Waals surface area contributed by atoms with Crippen molar-refractivity contribution in [3.63, 3.8) is 0 Å². The monoisotopic (exact) mass is 346 g/mol. The summed E-state index contributed by atoms with van der Waals surface area (Å²) in [5, 5.41) is 3.14. The van der Waals surface area contributed by atoms with Gasteiger partial charge < -0.3 is 19.9 Å². The number of carbonyl (C=O) groups excluding carboxylic acids is 2. The summed E-state index contributed by atoms with van der Waals surface area (Å²) in [4.78, 5) is 32.9. The topological polar surface area (TPSA) is 74.8 Å². The minimum atomic E-state index is -0.408. The van der Waals surface area contributed by atoms with Crippen LogP contribution in [0.15, 0.2) is 24.5 Å². The highest BCUT2D eigenvalue weighted by Crippen LogP contribution is 2.24. The molecule has 3 rings (SSSR count). The molecule has 0 radical (unpaired) electrons. The van der Waals surface area contributed by atoms with Crippen molar-refractivity contribution in [2.45, 2.75) is 25.8 Å². The van der Waals surface area contributed by atoms with Crippen LogP contribution in [0.1, 0.15) is 19.8 Å². The molecule has 7 heteroatoms. The summed E-state index contributed by atoms with van der Waals surface area (Å²) in [7, 11) is 0. The van der Waals surface area contributed by atoms with Gasteiger partial charge in [-0.2, -0.15) is 0 Å². The molecule has 3 heterocycles. The highest BCUT2D eigenvalue weighted by molar-refractivity contribution is 5.82. The largest absolute Gasteiger partial charge is 0.465 e. The Morgan fingerprint density at radius 2 is 1.96 bits per heavy atom. The molecule has 2 saturated heterocycles. The molecule has 7 nitrogen and oxygen atoms in total. The fourth-order valence-corrected chi connectivity index (χ4v) is 3.55. The number of piperidine rings is 1. The summed E-state index contributed by atoms with van der Waals surface area (Å²) < 4.78 is 5.07. The van der Waals surface area contributed by atoms with E-state index in [2.05, 4.69) is 15.2 Å². The average Bonchev–Trinajstić information content (AvgIpc) is 2.68. The van der Waals surface area contributed by atoms with Crippen LogP contribution in [0.4, 0.5) is 5.69 Å². The zero-order valence-electron chi connectivity index (χ0n) is 14.7. The summed E-state index contributed by atoms with van der Waals surface area (Å²) in [6.45, 7) is 5.58. The van der Waals surface area contributed by atoms with E-state index in [0.717, 1.165) is 31.6 Å². The Morgan fingerprint density at radius 1 is 1.24 bits per heavy atom. The number of aromatic nitrogens is 1. The molecule has 1 aromatic heterocycles. The number of piperazine rings is 1. The second kappa shape index (κ2) is 8.29. The second-order valence-corrected chi connectivity index (χ2v) is 6.51. The minimum Gasteiger partial charge on any atom is -0.465 e. The third-order valence-electron chi connectivity index (χ3n) is 4.93. The molecular weight excluding hydrogens is 320 g/mol. The van der Waals surface area contributed by atoms with E-state index in [1.165, 1.54) is 0 Å².